The Balaban J connectivity index is 1.49. The molecule has 1 amide bonds. The van der Waals surface area contributed by atoms with E-state index in [4.69, 9.17) is 5.73 Å². The van der Waals surface area contributed by atoms with Crippen LogP contribution in [-0.4, -0.2) is 16.9 Å². The van der Waals surface area contributed by atoms with Crippen LogP contribution in [0.5, 0.6) is 0 Å². The van der Waals surface area contributed by atoms with E-state index in [1.165, 1.54) is 19.3 Å². The van der Waals surface area contributed by atoms with Gasteiger partial charge in [0.15, 0.2) is 0 Å². The largest absolute Gasteiger partial charge is 0.384 e. The van der Waals surface area contributed by atoms with Crippen LogP contribution >= 0.6 is 0 Å². The lowest BCUT2D eigenvalue weighted by atomic mass is 10.0. The van der Waals surface area contributed by atoms with Crippen LogP contribution in [0.25, 0.3) is 0 Å². The number of nitrogens with zero attached hydrogens (tertiary/aromatic N) is 1. The second-order valence-electron chi connectivity index (χ2n) is 7.35. The van der Waals surface area contributed by atoms with Gasteiger partial charge in [-0.15, -0.1) is 0 Å². The number of anilines is 1. The van der Waals surface area contributed by atoms with Gasteiger partial charge in [-0.1, -0.05) is 13.8 Å². The number of carbonyl (C=O) groups is 1. The molecule has 0 radical (unpaired) electrons. The van der Waals surface area contributed by atoms with Crippen molar-refractivity contribution < 1.29 is 4.79 Å². The Labute approximate surface area is 125 Å². The number of nitrogens with two attached hydrogens (primary N) is 1. The minimum Gasteiger partial charge on any atom is -0.384 e. The summed E-state index contributed by atoms with van der Waals surface area (Å²) in [5.41, 5.74) is 7.38. The summed E-state index contributed by atoms with van der Waals surface area (Å²) in [7, 11) is 0. The molecule has 3 aliphatic carbocycles. The first kappa shape index (κ1) is 13.1. The SMILES string of the molecule is CC(C)c1cc(C(=O)NC2C3C4CCC(C4)C23)cc(N)n1. The fourth-order valence-corrected chi connectivity index (χ4v) is 4.75. The van der Waals surface area contributed by atoms with E-state index < -0.39 is 0 Å². The topological polar surface area (TPSA) is 68.0 Å². The van der Waals surface area contributed by atoms with Gasteiger partial charge in [0.05, 0.1) is 0 Å². The van der Waals surface area contributed by atoms with Crippen molar-refractivity contribution >= 4 is 11.7 Å². The van der Waals surface area contributed by atoms with E-state index in [9.17, 15) is 4.79 Å². The number of hydrogen-bond donors (Lipinski definition) is 2. The number of aromatic nitrogens is 1. The number of carbonyl (C=O) groups excluding carboxylic acids is 1. The highest BCUT2D eigenvalue weighted by atomic mass is 16.1. The summed E-state index contributed by atoms with van der Waals surface area (Å²) in [4.78, 5) is 16.8. The maximum Gasteiger partial charge on any atom is 0.251 e. The number of amides is 1. The second-order valence-corrected chi connectivity index (χ2v) is 7.35. The molecule has 2 bridgehead atoms. The van der Waals surface area contributed by atoms with Gasteiger partial charge < -0.3 is 11.1 Å². The first-order chi connectivity index (χ1) is 10.0. The molecule has 3 N–H and O–H groups in total. The molecular formula is C17H23N3O. The average molecular weight is 285 g/mol. The predicted molar refractivity (Wildman–Crippen MR) is 81.8 cm³/mol. The molecule has 0 spiro atoms. The minimum atomic E-state index is 0.0183. The molecule has 0 saturated heterocycles. The van der Waals surface area contributed by atoms with Gasteiger partial charge in [0.25, 0.3) is 5.91 Å². The molecule has 1 heterocycles. The molecule has 1 aromatic rings. The normalized spacial score (nSPS) is 35.9. The smallest absolute Gasteiger partial charge is 0.251 e. The first-order valence-corrected chi connectivity index (χ1v) is 8.13. The third-order valence-corrected chi connectivity index (χ3v) is 5.75. The average Bonchev–Trinajstić information content (AvgIpc) is 2.83. The van der Waals surface area contributed by atoms with Gasteiger partial charge in [-0.25, -0.2) is 4.98 Å². The van der Waals surface area contributed by atoms with Crippen molar-refractivity contribution in [2.45, 2.75) is 45.1 Å². The van der Waals surface area contributed by atoms with Crippen LogP contribution in [0.1, 0.15) is 55.1 Å². The van der Waals surface area contributed by atoms with Crippen molar-refractivity contribution in [3.05, 3.63) is 23.4 Å². The monoisotopic (exact) mass is 285 g/mol. The van der Waals surface area contributed by atoms with Crippen molar-refractivity contribution in [1.29, 1.82) is 0 Å². The molecule has 4 atom stereocenters. The van der Waals surface area contributed by atoms with Crippen LogP contribution in [0.15, 0.2) is 12.1 Å². The van der Waals surface area contributed by atoms with Crippen molar-refractivity contribution in [3.63, 3.8) is 0 Å². The van der Waals surface area contributed by atoms with E-state index in [1.54, 1.807) is 6.07 Å². The molecule has 21 heavy (non-hydrogen) atoms. The van der Waals surface area contributed by atoms with E-state index in [1.807, 2.05) is 6.07 Å². The number of rotatable bonds is 3. The van der Waals surface area contributed by atoms with Crippen LogP contribution in [0, 0.1) is 23.7 Å². The third kappa shape index (κ3) is 2.03. The molecule has 0 aromatic carbocycles. The molecule has 3 aliphatic rings. The summed E-state index contributed by atoms with van der Waals surface area (Å²) in [6.45, 7) is 4.12. The molecule has 4 unspecified atom stereocenters. The molecule has 1 aromatic heterocycles. The van der Waals surface area contributed by atoms with Crippen LogP contribution in [0.4, 0.5) is 5.82 Å². The highest BCUT2D eigenvalue weighted by molar-refractivity contribution is 5.95. The summed E-state index contributed by atoms with van der Waals surface area (Å²) >= 11 is 0. The zero-order chi connectivity index (χ0) is 14.7. The molecule has 4 nitrogen and oxygen atoms in total. The Kier molecular flexibility index (Phi) is 2.78. The Morgan fingerprint density at radius 1 is 1.29 bits per heavy atom. The molecule has 4 heteroatoms. The quantitative estimate of drug-likeness (QED) is 0.897. The van der Waals surface area contributed by atoms with E-state index in [2.05, 4.69) is 24.1 Å². The lowest BCUT2D eigenvalue weighted by Crippen LogP contribution is -2.30. The number of fused-ring (bicyclic) bond motifs is 5. The summed E-state index contributed by atoms with van der Waals surface area (Å²) in [6, 6.07) is 3.98. The number of pyridine rings is 1. The van der Waals surface area contributed by atoms with Gasteiger partial charge in [-0.05, 0) is 61.0 Å². The van der Waals surface area contributed by atoms with E-state index in [0.29, 0.717) is 17.4 Å². The Bertz CT molecular complexity index is 582. The summed E-state index contributed by atoms with van der Waals surface area (Å²) in [6.07, 6.45) is 4.15. The van der Waals surface area contributed by atoms with E-state index >= 15 is 0 Å². The summed E-state index contributed by atoms with van der Waals surface area (Å²) < 4.78 is 0. The van der Waals surface area contributed by atoms with Crippen molar-refractivity contribution in [2.24, 2.45) is 23.7 Å². The number of hydrogen-bond acceptors (Lipinski definition) is 3. The van der Waals surface area contributed by atoms with Crippen molar-refractivity contribution in [1.82, 2.24) is 10.3 Å². The van der Waals surface area contributed by atoms with Gasteiger partial charge >= 0.3 is 0 Å². The van der Waals surface area contributed by atoms with Gasteiger partial charge in [0.1, 0.15) is 5.82 Å². The second kappa shape index (κ2) is 4.46. The van der Waals surface area contributed by atoms with Crippen molar-refractivity contribution in [2.75, 3.05) is 5.73 Å². The maximum absolute atomic E-state index is 12.5. The zero-order valence-corrected chi connectivity index (χ0v) is 12.7. The van der Waals surface area contributed by atoms with Crippen molar-refractivity contribution in [3.8, 4) is 0 Å². The van der Waals surface area contributed by atoms with Crippen LogP contribution < -0.4 is 11.1 Å². The molecular weight excluding hydrogens is 262 g/mol. The fraction of sp³-hybridized carbons (Fsp3) is 0.647. The highest BCUT2D eigenvalue weighted by Gasteiger charge is 2.65. The zero-order valence-electron chi connectivity index (χ0n) is 12.7. The van der Waals surface area contributed by atoms with E-state index in [-0.39, 0.29) is 11.8 Å². The Hall–Kier alpha value is -1.58. The van der Waals surface area contributed by atoms with Gasteiger partial charge in [0.2, 0.25) is 0 Å². The lowest BCUT2D eigenvalue weighted by Gasteiger charge is -2.12. The summed E-state index contributed by atoms with van der Waals surface area (Å²) in [5, 5.41) is 3.24. The Morgan fingerprint density at radius 2 is 1.95 bits per heavy atom. The number of nitrogens with one attached hydrogen (secondary N) is 1. The number of nitrogen functional groups attached to an aromatic ring is 1. The van der Waals surface area contributed by atoms with Crippen LogP contribution in [0.3, 0.4) is 0 Å². The van der Waals surface area contributed by atoms with Crippen LogP contribution in [-0.2, 0) is 0 Å². The summed E-state index contributed by atoms with van der Waals surface area (Å²) in [5.74, 6) is 3.99. The lowest BCUT2D eigenvalue weighted by molar-refractivity contribution is 0.0944. The van der Waals surface area contributed by atoms with E-state index in [0.717, 1.165) is 29.4 Å². The minimum absolute atomic E-state index is 0.0183. The molecule has 112 valence electrons. The van der Waals surface area contributed by atoms with Crippen LogP contribution in [0.2, 0.25) is 0 Å². The van der Waals surface area contributed by atoms with Gasteiger partial charge in [-0.2, -0.15) is 0 Å². The fourth-order valence-electron chi connectivity index (χ4n) is 4.75. The standard InChI is InChI=1S/C17H23N3O/c1-8(2)12-6-11(7-13(18)19-12)17(21)20-16-14-9-3-4-10(5-9)15(14)16/h6-10,14-16H,3-5H2,1-2H3,(H2,18,19)(H,20,21). The first-order valence-electron chi connectivity index (χ1n) is 8.13. The molecule has 3 fully saturated rings. The molecule has 0 aliphatic heterocycles. The third-order valence-electron chi connectivity index (χ3n) is 5.75. The van der Waals surface area contributed by atoms with Gasteiger partial charge in [0, 0.05) is 17.3 Å². The highest BCUT2D eigenvalue weighted by Crippen LogP contribution is 2.65. The molecule has 4 rings (SSSR count). The van der Waals surface area contributed by atoms with Gasteiger partial charge in [-0.3, -0.25) is 4.79 Å². The maximum atomic E-state index is 12.5. The predicted octanol–water partition coefficient (Wildman–Crippen LogP) is 2.56. The Morgan fingerprint density at radius 3 is 2.57 bits per heavy atom. The molecule has 3 saturated carbocycles.